The summed E-state index contributed by atoms with van der Waals surface area (Å²) in [6, 6.07) is 0.746. The minimum absolute atomic E-state index is 0.629. The third-order valence-electron chi connectivity index (χ3n) is 2.77. The Morgan fingerprint density at radius 1 is 1.50 bits per heavy atom. The number of rotatable bonds is 8. The molecule has 1 fully saturated rings. The van der Waals surface area contributed by atoms with Gasteiger partial charge in [-0.1, -0.05) is 13.8 Å². The molecule has 1 aromatic heterocycles. The van der Waals surface area contributed by atoms with Crippen molar-refractivity contribution in [2.45, 2.75) is 56.9 Å². The van der Waals surface area contributed by atoms with E-state index in [4.69, 9.17) is 9.72 Å². The molecule has 1 aliphatic rings. The molecular weight excluding hydrogens is 264 g/mol. The van der Waals surface area contributed by atoms with E-state index in [9.17, 15) is 0 Å². The normalized spacial score (nSPS) is 15.6. The zero-order chi connectivity index (χ0) is 13.0. The van der Waals surface area contributed by atoms with E-state index in [2.05, 4.69) is 19.2 Å². The van der Waals surface area contributed by atoms with Gasteiger partial charge >= 0.3 is 0 Å². The van der Waals surface area contributed by atoms with E-state index in [1.165, 1.54) is 22.7 Å². The van der Waals surface area contributed by atoms with Crippen LogP contribution >= 0.6 is 23.1 Å². The first-order chi connectivity index (χ1) is 8.69. The fourth-order valence-electron chi connectivity index (χ4n) is 1.65. The van der Waals surface area contributed by atoms with E-state index >= 15 is 0 Å². The van der Waals surface area contributed by atoms with Crippen LogP contribution in [0.3, 0.4) is 0 Å². The van der Waals surface area contributed by atoms with Gasteiger partial charge in [-0.2, -0.15) is 11.8 Å². The Bertz CT molecular complexity index is 375. The molecule has 0 bridgehead atoms. The molecule has 1 aliphatic carbocycles. The lowest BCUT2D eigenvalue weighted by molar-refractivity contribution is 0.181. The first-order valence-corrected chi connectivity index (χ1v) is 8.37. The Labute approximate surface area is 118 Å². The van der Waals surface area contributed by atoms with Crippen molar-refractivity contribution in [3.05, 3.63) is 15.6 Å². The van der Waals surface area contributed by atoms with Gasteiger partial charge in [0.25, 0.3) is 0 Å². The number of aromatic nitrogens is 1. The first-order valence-electron chi connectivity index (χ1n) is 6.50. The van der Waals surface area contributed by atoms with Gasteiger partial charge in [-0.3, -0.25) is 0 Å². The highest BCUT2D eigenvalue weighted by molar-refractivity contribution is 7.99. The molecule has 0 radical (unpaired) electrons. The van der Waals surface area contributed by atoms with Gasteiger partial charge in [0, 0.05) is 30.3 Å². The maximum Gasteiger partial charge on any atom is 0.103 e. The van der Waals surface area contributed by atoms with Gasteiger partial charge in [-0.25, -0.2) is 4.98 Å². The van der Waals surface area contributed by atoms with Crippen LogP contribution in [0.1, 0.15) is 42.3 Å². The summed E-state index contributed by atoms with van der Waals surface area (Å²) in [5, 5.41) is 5.45. The second-order valence-electron chi connectivity index (χ2n) is 4.93. The second kappa shape index (κ2) is 6.89. The number of methoxy groups -OCH3 is 1. The lowest BCUT2D eigenvalue weighted by atomic mass is 10.3. The average Bonchev–Trinajstić information content (AvgIpc) is 3.07. The molecule has 1 heterocycles. The fraction of sp³-hybridized carbons (Fsp3) is 0.769. The summed E-state index contributed by atoms with van der Waals surface area (Å²) in [6.07, 6.45) is 2.66. The molecule has 0 saturated heterocycles. The molecule has 1 saturated carbocycles. The molecule has 0 aliphatic heterocycles. The second-order valence-corrected chi connectivity index (χ2v) is 7.66. The summed E-state index contributed by atoms with van der Waals surface area (Å²) in [5.74, 6) is 1.02. The molecule has 5 heteroatoms. The van der Waals surface area contributed by atoms with Crippen molar-refractivity contribution in [2.75, 3.05) is 7.11 Å². The van der Waals surface area contributed by atoms with Crippen molar-refractivity contribution in [3.63, 3.8) is 0 Å². The van der Waals surface area contributed by atoms with Crippen LogP contribution in [0.2, 0.25) is 0 Å². The van der Waals surface area contributed by atoms with Gasteiger partial charge in [0.1, 0.15) is 5.01 Å². The highest BCUT2D eigenvalue weighted by Crippen LogP contribution is 2.26. The summed E-state index contributed by atoms with van der Waals surface area (Å²) in [7, 11) is 1.74. The topological polar surface area (TPSA) is 34.1 Å². The molecule has 0 unspecified atom stereocenters. The number of nitrogens with zero attached hydrogens (tertiary/aromatic N) is 1. The van der Waals surface area contributed by atoms with Crippen molar-refractivity contribution >= 4 is 23.1 Å². The molecule has 102 valence electrons. The monoisotopic (exact) mass is 286 g/mol. The van der Waals surface area contributed by atoms with E-state index in [1.807, 2.05) is 23.1 Å². The summed E-state index contributed by atoms with van der Waals surface area (Å²) in [4.78, 5) is 6.05. The Balaban J connectivity index is 1.95. The van der Waals surface area contributed by atoms with E-state index < -0.39 is 0 Å². The van der Waals surface area contributed by atoms with Gasteiger partial charge in [-0.15, -0.1) is 11.3 Å². The van der Waals surface area contributed by atoms with Crippen LogP contribution in [-0.4, -0.2) is 23.4 Å². The van der Waals surface area contributed by atoms with Crippen LogP contribution in [0.5, 0.6) is 0 Å². The van der Waals surface area contributed by atoms with Crippen LogP contribution in [0.4, 0.5) is 0 Å². The van der Waals surface area contributed by atoms with E-state index in [1.54, 1.807) is 7.11 Å². The number of hydrogen-bond donors (Lipinski definition) is 1. The molecule has 2 rings (SSSR count). The maximum atomic E-state index is 5.24. The van der Waals surface area contributed by atoms with E-state index in [-0.39, 0.29) is 0 Å². The van der Waals surface area contributed by atoms with Crippen LogP contribution in [0, 0.1) is 0 Å². The van der Waals surface area contributed by atoms with Crippen LogP contribution < -0.4 is 5.32 Å². The molecule has 0 atom stereocenters. The van der Waals surface area contributed by atoms with Gasteiger partial charge in [0.2, 0.25) is 0 Å². The summed E-state index contributed by atoms with van der Waals surface area (Å²) < 4.78 is 5.24. The molecule has 0 aromatic carbocycles. The third kappa shape index (κ3) is 4.53. The smallest absolute Gasteiger partial charge is 0.103 e. The van der Waals surface area contributed by atoms with E-state index in [0.29, 0.717) is 11.9 Å². The van der Waals surface area contributed by atoms with Gasteiger partial charge < -0.3 is 10.1 Å². The first kappa shape index (κ1) is 14.3. The Morgan fingerprint density at radius 2 is 2.28 bits per heavy atom. The number of ether oxygens (including phenoxy) is 1. The lowest BCUT2D eigenvalue weighted by Gasteiger charge is -2.02. The zero-order valence-electron chi connectivity index (χ0n) is 11.4. The molecule has 1 aromatic rings. The van der Waals surface area contributed by atoms with Crippen molar-refractivity contribution in [2.24, 2.45) is 0 Å². The number of hydrogen-bond acceptors (Lipinski definition) is 5. The summed E-state index contributed by atoms with van der Waals surface area (Å²) in [6.45, 7) is 6.03. The van der Waals surface area contributed by atoms with E-state index in [0.717, 1.165) is 24.0 Å². The van der Waals surface area contributed by atoms with Crippen LogP contribution in [-0.2, 0) is 23.6 Å². The summed E-state index contributed by atoms with van der Waals surface area (Å²) >= 11 is 3.78. The fourth-order valence-corrected chi connectivity index (χ4v) is 3.45. The van der Waals surface area contributed by atoms with Gasteiger partial charge in [0.05, 0.1) is 12.3 Å². The minimum Gasteiger partial charge on any atom is -0.378 e. The van der Waals surface area contributed by atoms with Crippen LogP contribution in [0.25, 0.3) is 0 Å². The van der Waals surface area contributed by atoms with Crippen LogP contribution in [0.15, 0.2) is 0 Å². The zero-order valence-corrected chi connectivity index (χ0v) is 13.0. The molecule has 18 heavy (non-hydrogen) atoms. The number of nitrogens with one attached hydrogen (secondary N) is 1. The lowest BCUT2D eigenvalue weighted by Crippen LogP contribution is -2.15. The van der Waals surface area contributed by atoms with Gasteiger partial charge in [0.15, 0.2) is 0 Å². The third-order valence-corrected chi connectivity index (χ3v) is 5.16. The highest BCUT2D eigenvalue weighted by atomic mass is 32.2. The Morgan fingerprint density at radius 3 is 2.89 bits per heavy atom. The van der Waals surface area contributed by atoms with Crippen molar-refractivity contribution in [3.8, 4) is 0 Å². The van der Waals surface area contributed by atoms with Crippen molar-refractivity contribution in [1.82, 2.24) is 10.3 Å². The number of thioether (sulfide) groups is 1. The highest BCUT2D eigenvalue weighted by Gasteiger charge is 2.21. The molecule has 0 spiro atoms. The van der Waals surface area contributed by atoms with Crippen molar-refractivity contribution in [1.29, 1.82) is 0 Å². The molecule has 0 amide bonds. The largest absolute Gasteiger partial charge is 0.378 e. The maximum absolute atomic E-state index is 5.24. The Hall–Kier alpha value is -0.100. The van der Waals surface area contributed by atoms with Crippen molar-refractivity contribution < 1.29 is 4.74 Å². The standard InChI is InChI=1S/C13H22N2OS2/c1-9(2)17-8-13-15-11(7-16-3)12(18-13)6-14-10-4-5-10/h9-10,14H,4-8H2,1-3H3. The number of thiazole rings is 1. The minimum atomic E-state index is 0.629. The predicted octanol–water partition coefficient (Wildman–Crippen LogP) is 3.18. The average molecular weight is 286 g/mol. The quantitative estimate of drug-likeness (QED) is 0.796. The molecular formula is C13H22N2OS2. The molecule has 1 N–H and O–H groups in total. The summed E-state index contributed by atoms with van der Waals surface area (Å²) in [5.41, 5.74) is 1.12. The SMILES string of the molecule is COCc1nc(CSC(C)C)sc1CNC1CC1. The van der Waals surface area contributed by atoms with Gasteiger partial charge in [-0.05, 0) is 18.1 Å². The predicted molar refractivity (Wildman–Crippen MR) is 79.1 cm³/mol. The molecule has 3 nitrogen and oxygen atoms in total. The Kier molecular flexibility index (Phi) is 5.48.